The molecule has 0 spiro atoms. The fourth-order valence-corrected chi connectivity index (χ4v) is 4.34. The average Bonchev–Trinajstić information content (AvgIpc) is 2.85. The summed E-state index contributed by atoms with van der Waals surface area (Å²) in [5.74, 6) is -0.0637. The van der Waals surface area contributed by atoms with Crippen molar-refractivity contribution >= 4 is 11.7 Å². The molecule has 13 nitrogen and oxygen atoms in total. The predicted octanol–water partition coefficient (Wildman–Crippen LogP) is -1.73. The summed E-state index contributed by atoms with van der Waals surface area (Å²) in [5.41, 5.74) is 0. The van der Waals surface area contributed by atoms with Gasteiger partial charge in [0.2, 0.25) is 5.91 Å². The van der Waals surface area contributed by atoms with Crippen LogP contribution in [0.15, 0.2) is 0 Å². The van der Waals surface area contributed by atoms with Gasteiger partial charge < -0.3 is 54.6 Å². The number of carbonyl (C=O) groups is 2. The highest BCUT2D eigenvalue weighted by atomic mass is 16.7. The standard InChI is InChI=1S/C25H46N2O11/c1-15(28)7-5-4-6-8-26-19(30)14-27(9-11-35-24-21(32)18(29)13-16(2)37-24)10-12-36-25-23(34)22(33)20(31)17(3)38-25/h16-18,20-25,29,31-34H,4-14H2,1-3H3,(H,26,30)/t16-,17-,18+,20+,21-,22+,23-,24+,25+/m0/s1. The Bertz CT molecular complexity index is 715. The molecule has 0 bridgehead atoms. The van der Waals surface area contributed by atoms with E-state index in [4.69, 9.17) is 18.9 Å². The Hall–Kier alpha value is -1.26. The van der Waals surface area contributed by atoms with Crippen molar-refractivity contribution in [3.8, 4) is 0 Å². The first kappa shape index (κ1) is 32.9. The van der Waals surface area contributed by atoms with E-state index in [1.807, 2.05) is 0 Å². The summed E-state index contributed by atoms with van der Waals surface area (Å²) >= 11 is 0. The monoisotopic (exact) mass is 550 g/mol. The number of carbonyl (C=O) groups excluding carboxylic acids is 2. The molecule has 2 heterocycles. The van der Waals surface area contributed by atoms with Crippen molar-refractivity contribution in [3.05, 3.63) is 0 Å². The number of hydrogen-bond donors (Lipinski definition) is 6. The van der Waals surface area contributed by atoms with Gasteiger partial charge >= 0.3 is 0 Å². The maximum absolute atomic E-state index is 12.5. The molecule has 1 amide bonds. The van der Waals surface area contributed by atoms with E-state index < -0.39 is 49.2 Å². The lowest BCUT2D eigenvalue weighted by atomic mass is 10.0. The van der Waals surface area contributed by atoms with Gasteiger partial charge in [-0.1, -0.05) is 6.42 Å². The SMILES string of the molecule is CC(=O)CCCCCNC(=O)CN(CCO[C@@H]1O[C@@H](C)[C@@H](O)[C@@H](O)[C@@H]1O)CCO[C@@H]1O[C@@H](C)C[C@@H](O)[C@@H]1O. The molecule has 0 unspecified atom stereocenters. The van der Waals surface area contributed by atoms with Gasteiger partial charge in [-0.25, -0.2) is 0 Å². The molecule has 6 N–H and O–H groups in total. The molecule has 38 heavy (non-hydrogen) atoms. The van der Waals surface area contributed by atoms with E-state index >= 15 is 0 Å². The molecular formula is C25H46N2O11. The average molecular weight is 551 g/mol. The Balaban J connectivity index is 1.83. The summed E-state index contributed by atoms with van der Waals surface area (Å²) in [4.78, 5) is 25.3. The number of rotatable bonds is 16. The van der Waals surface area contributed by atoms with Crippen LogP contribution in [0.2, 0.25) is 0 Å². The molecule has 2 saturated heterocycles. The molecule has 2 aliphatic rings. The predicted molar refractivity (Wildman–Crippen MR) is 134 cm³/mol. The van der Waals surface area contributed by atoms with E-state index in [1.165, 1.54) is 0 Å². The van der Waals surface area contributed by atoms with Crippen LogP contribution in [0.1, 0.15) is 52.9 Å². The fraction of sp³-hybridized carbons (Fsp3) is 0.920. The number of unbranched alkanes of at least 4 members (excludes halogenated alkanes) is 2. The van der Waals surface area contributed by atoms with Crippen molar-refractivity contribution in [2.75, 3.05) is 39.4 Å². The first-order valence-corrected chi connectivity index (χ1v) is 13.4. The quantitative estimate of drug-likeness (QED) is 0.119. The van der Waals surface area contributed by atoms with Crippen molar-refractivity contribution < 1.29 is 54.1 Å². The molecule has 13 heteroatoms. The number of ketones is 1. The van der Waals surface area contributed by atoms with Gasteiger partial charge in [0.25, 0.3) is 0 Å². The summed E-state index contributed by atoms with van der Waals surface area (Å²) in [7, 11) is 0. The molecule has 0 radical (unpaired) electrons. The number of ether oxygens (including phenoxy) is 4. The van der Waals surface area contributed by atoms with E-state index in [0.717, 1.165) is 19.3 Å². The number of amides is 1. The maximum Gasteiger partial charge on any atom is 0.234 e. The summed E-state index contributed by atoms with van der Waals surface area (Å²) in [6, 6.07) is 0. The lowest BCUT2D eigenvalue weighted by molar-refractivity contribution is -0.293. The van der Waals surface area contributed by atoms with E-state index in [-0.39, 0.29) is 50.6 Å². The van der Waals surface area contributed by atoms with Crippen LogP contribution >= 0.6 is 0 Å². The summed E-state index contributed by atoms with van der Waals surface area (Å²) in [6.07, 6.45) is -6.12. The van der Waals surface area contributed by atoms with Gasteiger partial charge in [-0.3, -0.25) is 9.69 Å². The van der Waals surface area contributed by atoms with Crippen molar-refractivity contribution in [3.63, 3.8) is 0 Å². The molecule has 0 aromatic rings. The normalized spacial score (nSPS) is 33.9. The molecule has 0 aromatic carbocycles. The zero-order chi connectivity index (χ0) is 28.2. The van der Waals surface area contributed by atoms with Crippen molar-refractivity contribution in [1.29, 1.82) is 0 Å². The number of nitrogens with one attached hydrogen (secondary N) is 1. The highest BCUT2D eigenvalue weighted by Gasteiger charge is 2.42. The minimum Gasteiger partial charge on any atom is -0.390 e. The Morgan fingerprint density at radius 2 is 1.50 bits per heavy atom. The van der Waals surface area contributed by atoms with Crippen molar-refractivity contribution in [2.45, 2.75) is 108 Å². The van der Waals surface area contributed by atoms with E-state index in [1.54, 1.807) is 25.7 Å². The minimum atomic E-state index is -1.43. The summed E-state index contributed by atoms with van der Waals surface area (Å²) < 4.78 is 22.3. The van der Waals surface area contributed by atoms with Crippen LogP contribution in [0.25, 0.3) is 0 Å². The third-order valence-corrected chi connectivity index (χ3v) is 6.70. The molecule has 0 aromatic heterocycles. The molecule has 0 aliphatic carbocycles. The van der Waals surface area contributed by atoms with Crippen molar-refractivity contribution in [2.24, 2.45) is 0 Å². The van der Waals surface area contributed by atoms with Crippen LogP contribution in [0.3, 0.4) is 0 Å². The van der Waals surface area contributed by atoms with Gasteiger partial charge in [0, 0.05) is 32.5 Å². The van der Waals surface area contributed by atoms with Gasteiger partial charge in [0.1, 0.15) is 30.2 Å². The molecule has 2 rings (SSSR count). The van der Waals surface area contributed by atoms with Crippen LogP contribution in [0.4, 0.5) is 0 Å². The zero-order valence-corrected chi connectivity index (χ0v) is 22.6. The number of aliphatic hydroxyl groups excluding tert-OH is 5. The minimum absolute atomic E-state index is 0.0269. The Kier molecular flexibility index (Phi) is 14.5. The Labute approximate surface area is 224 Å². The third-order valence-electron chi connectivity index (χ3n) is 6.70. The number of aliphatic hydroxyl groups is 5. The Morgan fingerprint density at radius 1 is 0.868 bits per heavy atom. The first-order chi connectivity index (χ1) is 18.0. The molecule has 222 valence electrons. The van der Waals surface area contributed by atoms with Crippen LogP contribution in [-0.2, 0) is 28.5 Å². The van der Waals surface area contributed by atoms with Crippen LogP contribution in [-0.4, -0.2) is 137 Å². The smallest absolute Gasteiger partial charge is 0.234 e. The van der Waals surface area contributed by atoms with Gasteiger partial charge in [-0.05, 0) is 33.6 Å². The molecule has 0 saturated carbocycles. The van der Waals surface area contributed by atoms with Gasteiger partial charge in [0.05, 0.1) is 38.1 Å². The lowest BCUT2D eigenvalue weighted by Crippen LogP contribution is -2.57. The van der Waals surface area contributed by atoms with Crippen LogP contribution in [0.5, 0.6) is 0 Å². The number of hydrogen-bond acceptors (Lipinski definition) is 12. The summed E-state index contributed by atoms with van der Waals surface area (Å²) in [5, 5.41) is 52.9. The van der Waals surface area contributed by atoms with Crippen LogP contribution in [0, 0.1) is 0 Å². The van der Waals surface area contributed by atoms with Gasteiger partial charge in [-0.2, -0.15) is 0 Å². The second-order valence-electron chi connectivity index (χ2n) is 10.2. The molecule has 2 aliphatic heterocycles. The highest BCUT2D eigenvalue weighted by molar-refractivity contribution is 5.78. The van der Waals surface area contributed by atoms with Crippen molar-refractivity contribution in [1.82, 2.24) is 10.2 Å². The second kappa shape index (κ2) is 16.8. The maximum atomic E-state index is 12.5. The number of nitrogens with zero attached hydrogens (tertiary/aromatic N) is 1. The van der Waals surface area contributed by atoms with Gasteiger partial charge in [-0.15, -0.1) is 0 Å². The largest absolute Gasteiger partial charge is 0.390 e. The lowest BCUT2D eigenvalue weighted by Gasteiger charge is -2.39. The van der Waals surface area contributed by atoms with E-state index in [9.17, 15) is 35.1 Å². The summed E-state index contributed by atoms with van der Waals surface area (Å²) in [6.45, 7) is 6.08. The van der Waals surface area contributed by atoms with E-state index in [2.05, 4.69) is 5.32 Å². The third kappa shape index (κ3) is 11.1. The first-order valence-electron chi connectivity index (χ1n) is 13.4. The molecule has 9 atom stereocenters. The van der Waals surface area contributed by atoms with Crippen LogP contribution < -0.4 is 5.32 Å². The number of Topliss-reactive ketones (excluding diaryl/α,β-unsaturated/α-hetero) is 1. The Morgan fingerprint density at radius 3 is 2.13 bits per heavy atom. The zero-order valence-electron chi connectivity index (χ0n) is 22.6. The van der Waals surface area contributed by atoms with Gasteiger partial charge in [0.15, 0.2) is 12.6 Å². The fourth-order valence-electron chi connectivity index (χ4n) is 4.34. The highest BCUT2D eigenvalue weighted by Crippen LogP contribution is 2.22. The topological polar surface area (TPSA) is 187 Å². The molecule has 2 fully saturated rings. The second-order valence-corrected chi connectivity index (χ2v) is 10.2. The van der Waals surface area contributed by atoms with E-state index in [0.29, 0.717) is 19.4 Å². The molecular weight excluding hydrogens is 504 g/mol.